The van der Waals surface area contributed by atoms with Gasteiger partial charge in [0.2, 0.25) is 6.79 Å². The zero-order valence-corrected chi connectivity index (χ0v) is 19.9. The van der Waals surface area contributed by atoms with Crippen LogP contribution in [0.4, 0.5) is 0 Å². The van der Waals surface area contributed by atoms with Gasteiger partial charge in [-0.3, -0.25) is 14.2 Å². The maximum Gasteiger partial charge on any atom is 0.338 e. The van der Waals surface area contributed by atoms with E-state index in [2.05, 4.69) is 4.99 Å². The monoisotopic (exact) mass is 492 g/mol. The van der Waals surface area contributed by atoms with Gasteiger partial charge < -0.3 is 18.9 Å². The van der Waals surface area contributed by atoms with Gasteiger partial charge in [-0.05, 0) is 48.4 Å². The molecule has 0 N–H and O–H groups in total. The highest BCUT2D eigenvalue weighted by Gasteiger charge is 2.33. The second-order valence-corrected chi connectivity index (χ2v) is 8.86. The Bertz CT molecular complexity index is 1560. The Balaban J connectivity index is 1.65. The average Bonchev–Trinajstić information content (AvgIpc) is 3.42. The van der Waals surface area contributed by atoms with Gasteiger partial charge in [-0.2, -0.15) is 0 Å². The van der Waals surface area contributed by atoms with Crippen molar-refractivity contribution in [1.82, 2.24) is 4.57 Å². The van der Waals surface area contributed by atoms with Crippen molar-refractivity contribution in [2.45, 2.75) is 19.9 Å². The van der Waals surface area contributed by atoms with E-state index in [9.17, 15) is 14.4 Å². The molecule has 1 aromatic heterocycles. The minimum Gasteiger partial charge on any atom is -0.466 e. The molecule has 1 unspecified atom stereocenters. The van der Waals surface area contributed by atoms with Crippen molar-refractivity contribution in [3.8, 4) is 17.2 Å². The summed E-state index contributed by atoms with van der Waals surface area (Å²) in [6, 6.07) is 11.3. The first-order valence-corrected chi connectivity index (χ1v) is 11.5. The van der Waals surface area contributed by atoms with E-state index in [1.54, 1.807) is 49.4 Å². The SMILES string of the molecule is COC(=O)C1=C(C)N=c2s/c(=C/c3ccc4c(c3)OCO4)c(=O)n2C1c1ccc(OC(C)=O)cc1. The van der Waals surface area contributed by atoms with E-state index in [4.69, 9.17) is 18.9 Å². The van der Waals surface area contributed by atoms with Crippen LogP contribution in [0.2, 0.25) is 0 Å². The molecule has 0 spiro atoms. The third-order valence-corrected chi connectivity index (χ3v) is 6.56. The Hall–Kier alpha value is -4.18. The van der Waals surface area contributed by atoms with Crippen LogP contribution in [0, 0.1) is 0 Å². The minimum absolute atomic E-state index is 0.160. The molecule has 3 aromatic rings. The maximum atomic E-state index is 13.6. The van der Waals surface area contributed by atoms with Gasteiger partial charge in [0.25, 0.3) is 5.56 Å². The molecule has 9 nitrogen and oxygen atoms in total. The van der Waals surface area contributed by atoms with Crippen molar-refractivity contribution in [1.29, 1.82) is 0 Å². The van der Waals surface area contributed by atoms with Crippen LogP contribution in [-0.4, -0.2) is 30.4 Å². The van der Waals surface area contributed by atoms with Crippen molar-refractivity contribution in [2.75, 3.05) is 13.9 Å². The summed E-state index contributed by atoms with van der Waals surface area (Å²) in [5.74, 6) is 0.600. The van der Waals surface area contributed by atoms with Gasteiger partial charge in [-0.1, -0.05) is 29.5 Å². The van der Waals surface area contributed by atoms with Crippen LogP contribution in [0.5, 0.6) is 17.2 Å². The second kappa shape index (κ2) is 8.88. The quantitative estimate of drug-likeness (QED) is 0.406. The van der Waals surface area contributed by atoms with Crippen LogP contribution < -0.4 is 29.1 Å². The molecule has 0 fully saturated rings. The fraction of sp³-hybridized carbons (Fsp3) is 0.200. The van der Waals surface area contributed by atoms with Crippen LogP contribution in [0.3, 0.4) is 0 Å². The smallest absolute Gasteiger partial charge is 0.338 e. The highest BCUT2D eigenvalue weighted by Crippen LogP contribution is 2.33. The molecule has 2 aliphatic heterocycles. The van der Waals surface area contributed by atoms with Gasteiger partial charge in [-0.25, -0.2) is 9.79 Å². The predicted molar refractivity (Wildman–Crippen MR) is 126 cm³/mol. The molecule has 1 atom stereocenters. The molecule has 0 bridgehead atoms. The fourth-order valence-corrected chi connectivity index (χ4v) is 5.09. The van der Waals surface area contributed by atoms with E-state index in [0.717, 1.165) is 5.56 Å². The number of aromatic nitrogens is 1. The molecule has 2 aromatic carbocycles. The van der Waals surface area contributed by atoms with E-state index in [0.29, 0.717) is 37.8 Å². The van der Waals surface area contributed by atoms with E-state index < -0.39 is 18.0 Å². The molecule has 0 saturated carbocycles. The van der Waals surface area contributed by atoms with Gasteiger partial charge in [-0.15, -0.1) is 0 Å². The highest BCUT2D eigenvalue weighted by atomic mass is 32.1. The number of hydrogen-bond donors (Lipinski definition) is 0. The summed E-state index contributed by atoms with van der Waals surface area (Å²) in [6.07, 6.45) is 1.75. The number of allylic oxidation sites excluding steroid dienone is 1. The normalized spacial score (nSPS) is 16.5. The first-order valence-electron chi connectivity index (χ1n) is 10.6. The number of esters is 2. The number of carbonyl (C=O) groups is 2. The maximum absolute atomic E-state index is 13.6. The molecule has 0 aliphatic carbocycles. The van der Waals surface area contributed by atoms with E-state index in [1.807, 2.05) is 6.07 Å². The first-order chi connectivity index (χ1) is 16.9. The molecule has 2 aliphatic rings. The van der Waals surface area contributed by atoms with Crippen molar-refractivity contribution < 1.29 is 28.5 Å². The lowest BCUT2D eigenvalue weighted by Crippen LogP contribution is -2.39. The van der Waals surface area contributed by atoms with Gasteiger partial charge in [0.1, 0.15) is 5.75 Å². The van der Waals surface area contributed by atoms with E-state index >= 15 is 0 Å². The van der Waals surface area contributed by atoms with E-state index in [1.165, 1.54) is 29.9 Å². The Labute approximate surface area is 203 Å². The minimum atomic E-state index is -0.760. The number of rotatable bonds is 4. The number of thiazole rings is 1. The van der Waals surface area contributed by atoms with Crippen molar-refractivity contribution >= 4 is 29.4 Å². The van der Waals surface area contributed by atoms with Gasteiger partial charge in [0, 0.05) is 6.92 Å². The lowest BCUT2D eigenvalue weighted by molar-refractivity contribution is -0.136. The fourth-order valence-electron chi connectivity index (χ4n) is 4.05. The highest BCUT2D eigenvalue weighted by molar-refractivity contribution is 7.07. The molecule has 5 rings (SSSR count). The average molecular weight is 493 g/mol. The van der Waals surface area contributed by atoms with Gasteiger partial charge in [0.05, 0.1) is 29.0 Å². The number of nitrogens with zero attached hydrogens (tertiary/aromatic N) is 2. The molecular formula is C25H20N2O7S. The first kappa shape index (κ1) is 22.6. The summed E-state index contributed by atoms with van der Waals surface area (Å²) < 4.78 is 22.9. The Kier molecular flexibility index (Phi) is 5.73. The van der Waals surface area contributed by atoms with Crippen LogP contribution in [0.15, 0.2) is 63.5 Å². The summed E-state index contributed by atoms with van der Waals surface area (Å²) in [6.45, 7) is 3.18. The lowest BCUT2D eigenvalue weighted by atomic mass is 9.96. The molecule has 35 heavy (non-hydrogen) atoms. The van der Waals surface area contributed by atoms with Gasteiger partial charge >= 0.3 is 11.9 Å². The molecule has 3 heterocycles. The third kappa shape index (κ3) is 4.12. The summed E-state index contributed by atoms with van der Waals surface area (Å²) in [7, 11) is 1.29. The standard InChI is InChI=1S/C25H20N2O7S/c1-13-21(24(30)31-3)22(16-5-7-17(8-6-16)34-14(2)28)27-23(29)20(35-25(27)26-13)11-15-4-9-18-19(10-15)33-12-32-18/h4-11,22H,12H2,1-3H3/b20-11+. The van der Waals surface area contributed by atoms with Crippen LogP contribution >= 0.6 is 11.3 Å². The number of fused-ring (bicyclic) bond motifs is 2. The van der Waals surface area contributed by atoms with Crippen LogP contribution in [0.25, 0.3) is 6.08 Å². The van der Waals surface area contributed by atoms with Crippen molar-refractivity contribution in [3.05, 3.63) is 84.5 Å². The molecule has 0 saturated heterocycles. The number of methoxy groups -OCH3 is 1. The number of hydrogen-bond acceptors (Lipinski definition) is 9. The topological polar surface area (TPSA) is 105 Å². The Morgan fingerprint density at radius 2 is 1.89 bits per heavy atom. The van der Waals surface area contributed by atoms with Crippen molar-refractivity contribution in [2.24, 2.45) is 4.99 Å². The van der Waals surface area contributed by atoms with Crippen molar-refractivity contribution in [3.63, 3.8) is 0 Å². The second-order valence-electron chi connectivity index (χ2n) is 7.85. The summed E-state index contributed by atoms with van der Waals surface area (Å²) >= 11 is 1.23. The zero-order chi connectivity index (χ0) is 24.7. The Morgan fingerprint density at radius 1 is 1.14 bits per heavy atom. The number of benzene rings is 2. The summed E-state index contributed by atoms with van der Waals surface area (Å²) in [5.41, 5.74) is 1.84. The molecule has 10 heteroatoms. The third-order valence-electron chi connectivity index (χ3n) is 5.58. The Morgan fingerprint density at radius 3 is 2.60 bits per heavy atom. The number of carbonyl (C=O) groups excluding carboxylic acids is 2. The lowest BCUT2D eigenvalue weighted by Gasteiger charge is -2.24. The zero-order valence-electron chi connectivity index (χ0n) is 19.1. The summed E-state index contributed by atoms with van der Waals surface area (Å²) in [5, 5.41) is 0. The number of ether oxygens (including phenoxy) is 4. The summed E-state index contributed by atoms with van der Waals surface area (Å²) in [4.78, 5) is 42.6. The van der Waals surface area contributed by atoms with Crippen LogP contribution in [0.1, 0.15) is 31.0 Å². The largest absolute Gasteiger partial charge is 0.466 e. The molecular weight excluding hydrogens is 472 g/mol. The molecule has 0 amide bonds. The van der Waals surface area contributed by atoms with Crippen LogP contribution in [-0.2, 0) is 14.3 Å². The van der Waals surface area contributed by atoms with Gasteiger partial charge in [0.15, 0.2) is 16.3 Å². The van der Waals surface area contributed by atoms with E-state index in [-0.39, 0.29) is 17.9 Å². The molecule has 0 radical (unpaired) electrons. The molecule has 178 valence electrons. The predicted octanol–water partition coefficient (Wildman–Crippen LogP) is 2.06.